The van der Waals surface area contributed by atoms with E-state index < -0.39 is 0 Å². The Morgan fingerprint density at radius 2 is 2.11 bits per heavy atom. The first-order chi connectivity index (χ1) is 13.1. The molecule has 1 aliphatic heterocycles. The van der Waals surface area contributed by atoms with E-state index in [9.17, 15) is 4.79 Å². The lowest BCUT2D eigenvalue weighted by Gasteiger charge is -2.25. The summed E-state index contributed by atoms with van der Waals surface area (Å²) in [7, 11) is 0. The van der Waals surface area contributed by atoms with Crippen molar-refractivity contribution in [3.05, 3.63) is 63.5 Å². The van der Waals surface area contributed by atoms with Crippen LogP contribution in [-0.4, -0.2) is 27.5 Å². The molecule has 4 rings (SSSR count). The maximum atomic E-state index is 12.4. The molecule has 7 heteroatoms. The molecule has 2 aromatic heterocycles. The van der Waals surface area contributed by atoms with Crippen molar-refractivity contribution in [3.8, 4) is 0 Å². The Hall–Kier alpha value is -2.51. The Morgan fingerprint density at radius 3 is 2.85 bits per heavy atom. The van der Waals surface area contributed by atoms with Gasteiger partial charge in [-0.1, -0.05) is 35.5 Å². The molecule has 1 aliphatic rings. The van der Waals surface area contributed by atoms with Crippen molar-refractivity contribution in [3.63, 3.8) is 0 Å². The maximum absolute atomic E-state index is 12.4. The first-order valence-corrected chi connectivity index (χ1v) is 9.86. The zero-order valence-electron chi connectivity index (χ0n) is 15.5. The highest BCUT2D eigenvalue weighted by Crippen LogP contribution is 2.29. The standard InChI is InChI=1S/C20H22N4O2S/c1-13-16(14(2)26-23-13)10-19(25)22-20-21-17-8-9-24(12-18(17)27-20)11-15-6-4-3-5-7-15/h3-7H,8-12H2,1-2H3,(H,21,22,25). The molecule has 1 N–H and O–H groups in total. The van der Waals surface area contributed by atoms with E-state index in [1.54, 1.807) is 11.3 Å². The summed E-state index contributed by atoms with van der Waals surface area (Å²) in [6, 6.07) is 10.5. The number of nitrogens with zero attached hydrogens (tertiary/aromatic N) is 3. The van der Waals surface area contributed by atoms with Crippen LogP contribution in [0.15, 0.2) is 34.9 Å². The molecule has 0 saturated carbocycles. The van der Waals surface area contributed by atoms with Crippen molar-refractivity contribution < 1.29 is 9.32 Å². The van der Waals surface area contributed by atoms with Crippen molar-refractivity contribution >= 4 is 22.4 Å². The SMILES string of the molecule is Cc1noc(C)c1CC(=O)Nc1nc2c(s1)CN(Cc1ccccc1)CC2. The van der Waals surface area contributed by atoms with E-state index in [1.165, 1.54) is 10.4 Å². The number of aryl methyl sites for hydroxylation is 2. The molecule has 0 fully saturated rings. The van der Waals surface area contributed by atoms with Gasteiger partial charge in [-0.2, -0.15) is 0 Å². The molecule has 0 unspecified atom stereocenters. The van der Waals surface area contributed by atoms with Crippen LogP contribution in [0.3, 0.4) is 0 Å². The fraction of sp³-hybridized carbons (Fsp3) is 0.350. The molecule has 3 heterocycles. The summed E-state index contributed by atoms with van der Waals surface area (Å²) in [6.07, 6.45) is 1.17. The van der Waals surface area contributed by atoms with E-state index in [-0.39, 0.29) is 12.3 Å². The molecule has 0 bridgehead atoms. The lowest BCUT2D eigenvalue weighted by atomic mass is 10.1. The van der Waals surface area contributed by atoms with Crippen LogP contribution in [-0.2, 0) is 30.7 Å². The number of carbonyl (C=O) groups excluding carboxylic acids is 1. The van der Waals surface area contributed by atoms with E-state index in [1.807, 2.05) is 19.9 Å². The molecule has 0 atom stereocenters. The second-order valence-electron chi connectivity index (χ2n) is 6.86. The Bertz CT molecular complexity index is 929. The predicted molar refractivity (Wildman–Crippen MR) is 105 cm³/mol. The van der Waals surface area contributed by atoms with Gasteiger partial charge in [0.1, 0.15) is 5.76 Å². The fourth-order valence-electron chi connectivity index (χ4n) is 3.36. The third-order valence-corrected chi connectivity index (χ3v) is 5.82. The third-order valence-electron chi connectivity index (χ3n) is 4.82. The topological polar surface area (TPSA) is 71.3 Å². The number of fused-ring (bicyclic) bond motifs is 1. The van der Waals surface area contributed by atoms with Crippen molar-refractivity contribution in [2.45, 2.75) is 39.8 Å². The molecule has 0 aliphatic carbocycles. The van der Waals surface area contributed by atoms with Crippen LogP contribution < -0.4 is 5.32 Å². The second kappa shape index (κ2) is 7.62. The molecule has 0 saturated heterocycles. The van der Waals surface area contributed by atoms with Crippen LogP contribution in [0, 0.1) is 13.8 Å². The van der Waals surface area contributed by atoms with Gasteiger partial charge in [0, 0.05) is 36.5 Å². The van der Waals surface area contributed by atoms with Gasteiger partial charge in [-0.3, -0.25) is 9.69 Å². The third kappa shape index (κ3) is 4.09. The summed E-state index contributed by atoms with van der Waals surface area (Å²) < 4.78 is 5.12. The number of rotatable bonds is 5. The summed E-state index contributed by atoms with van der Waals surface area (Å²) in [6.45, 7) is 6.47. The minimum atomic E-state index is -0.0864. The molecule has 1 aromatic carbocycles. The highest BCUT2D eigenvalue weighted by atomic mass is 32.1. The molecule has 3 aromatic rings. The van der Waals surface area contributed by atoms with E-state index in [2.05, 4.69) is 44.6 Å². The second-order valence-corrected chi connectivity index (χ2v) is 7.95. The van der Waals surface area contributed by atoms with Crippen LogP contribution in [0.5, 0.6) is 0 Å². The van der Waals surface area contributed by atoms with Crippen LogP contribution in [0.1, 0.15) is 33.2 Å². The predicted octanol–water partition coefficient (Wildman–Crippen LogP) is 3.49. The van der Waals surface area contributed by atoms with E-state index in [0.29, 0.717) is 10.9 Å². The summed E-state index contributed by atoms with van der Waals surface area (Å²) in [5.41, 5.74) is 4.04. The van der Waals surface area contributed by atoms with Crippen LogP contribution >= 0.6 is 11.3 Å². The Kier molecular flexibility index (Phi) is 5.05. The van der Waals surface area contributed by atoms with Crippen molar-refractivity contribution in [1.82, 2.24) is 15.0 Å². The molecule has 140 valence electrons. The van der Waals surface area contributed by atoms with Gasteiger partial charge < -0.3 is 9.84 Å². The normalized spacial score (nSPS) is 14.1. The monoisotopic (exact) mass is 382 g/mol. The number of nitrogens with one attached hydrogen (secondary N) is 1. The minimum Gasteiger partial charge on any atom is -0.361 e. The lowest BCUT2D eigenvalue weighted by molar-refractivity contribution is -0.115. The van der Waals surface area contributed by atoms with Crippen molar-refractivity contribution in [2.24, 2.45) is 0 Å². The van der Waals surface area contributed by atoms with Gasteiger partial charge in [0.05, 0.1) is 17.8 Å². The first kappa shape index (κ1) is 17.9. The summed E-state index contributed by atoms with van der Waals surface area (Å²) in [5.74, 6) is 0.606. The Labute approximate surface area is 162 Å². The number of thiazole rings is 1. The van der Waals surface area contributed by atoms with Gasteiger partial charge in [-0.25, -0.2) is 4.98 Å². The summed E-state index contributed by atoms with van der Waals surface area (Å²) in [5, 5.41) is 7.51. The zero-order chi connectivity index (χ0) is 18.8. The number of amides is 1. The number of hydrogen-bond acceptors (Lipinski definition) is 6. The number of carbonyl (C=O) groups is 1. The molecule has 27 heavy (non-hydrogen) atoms. The largest absolute Gasteiger partial charge is 0.361 e. The number of benzene rings is 1. The van der Waals surface area contributed by atoms with Gasteiger partial charge in [0.25, 0.3) is 0 Å². The molecular formula is C20H22N4O2S. The average Bonchev–Trinajstić information content (AvgIpc) is 3.19. The number of hydrogen-bond donors (Lipinski definition) is 1. The summed E-state index contributed by atoms with van der Waals surface area (Å²) in [4.78, 5) is 20.7. The van der Waals surface area contributed by atoms with Gasteiger partial charge in [0.2, 0.25) is 5.91 Å². The maximum Gasteiger partial charge on any atom is 0.230 e. The smallest absolute Gasteiger partial charge is 0.230 e. The fourth-order valence-corrected chi connectivity index (χ4v) is 4.42. The highest BCUT2D eigenvalue weighted by Gasteiger charge is 2.22. The lowest BCUT2D eigenvalue weighted by Crippen LogP contribution is -2.29. The number of anilines is 1. The first-order valence-electron chi connectivity index (χ1n) is 9.05. The van der Waals surface area contributed by atoms with Gasteiger partial charge >= 0.3 is 0 Å². The van der Waals surface area contributed by atoms with Crippen molar-refractivity contribution in [2.75, 3.05) is 11.9 Å². The van der Waals surface area contributed by atoms with Gasteiger partial charge in [-0.05, 0) is 19.4 Å². The van der Waals surface area contributed by atoms with Crippen LogP contribution in [0.25, 0.3) is 0 Å². The number of aromatic nitrogens is 2. The Morgan fingerprint density at radius 1 is 1.30 bits per heavy atom. The molecule has 0 spiro atoms. The van der Waals surface area contributed by atoms with E-state index >= 15 is 0 Å². The Balaban J connectivity index is 1.39. The molecular weight excluding hydrogens is 360 g/mol. The van der Waals surface area contributed by atoms with Gasteiger partial charge in [0.15, 0.2) is 5.13 Å². The van der Waals surface area contributed by atoms with E-state index in [0.717, 1.165) is 43.0 Å². The van der Waals surface area contributed by atoms with Crippen LogP contribution in [0.4, 0.5) is 5.13 Å². The summed E-state index contributed by atoms with van der Waals surface area (Å²) >= 11 is 1.58. The average molecular weight is 382 g/mol. The quantitative estimate of drug-likeness (QED) is 0.731. The highest BCUT2D eigenvalue weighted by molar-refractivity contribution is 7.15. The van der Waals surface area contributed by atoms with E-state index in [4.69, 9.17) is 4.52 Å². The van der Waals surface area contributed by atoms with Crippen LogP contribution in [0.2, 0.25) is 0 Å². The minimum absolute atomic E-state index is 0.0864. The molecule has 6 nitrogen and oxygen atoms in total. The van der Waals surface area contributed by atoms with Crippen molar-refractivity contribution in [1.29, 1.82) is 0 Å². The molecule has 0 radical (unpaired) electrons. The van der Waals surface area contributed by atoms with Gasteiger partial charge in [-0.15, -0.1) is 11.3 Å². The molecule has 1 amide bonds. The zero-order valence-corrected chi connectivity index (χ0v) is 16.3.